The van der Waals surface area contributed by atoms with Crippen molar-refractivity contribution in [3.63, 3.8) is 0 Å². The molecule has 28 heavy (non-hydrogen) atoms. The number of amides is 2. The van der Waals surface area contributed by atoms with Crippen LogP contribution in [0.5, 0.6) is 5.75 Å². The summed E-state index contributed by atoms with van der Waals surface area (Å²) in [5, 5.41) is 3.23. The minimum absolute atomic E-state index is 0.0244. The van der Waals surface area contributed by atoms with E-state index in [2.05, 4.69) is 16.2 Å². The highest BCUT2D eigenvalue weighted by molar-refractivity contribution is 7.80. The molecule has 0 aromatic heterocycles. The largest absolute Gasteiger partial charge is 0.479 e. The van der Waals surface area contributed by atoms with Crippen molar-refractivity contribution in [2.75, 3.05) is 0 Å². The van der Waals surface area contributed by atoms with E-state index in [1.165, 1.54) is 6.07 Å². The van der Waals surface area contributed by atoms with Crippen molar-refractivity contribution in [2.24, 2.45) is 0 Å². The predicted molar refractivity (Wildman–Crippen MR) is 113 cm³/mol. The Kier molecular flexibility index (Phi) is 8.04. The van der Waals surface area contributed by atoms with Gasteiger partial charge in [0.05, 0.1) is 11.4 Å². The second-order valence-corrected chi connectivity index (χ2v) is 7.18. The molecule has 0 radical (unpaired) electrons. The molecule has 0 aliphatic carbocycles. The molecule has 148 valence electrons. The molecule has 2 aromatic rings. The van der Waals surface area contributed by atoms with Crippen LogP contribution in [0.2, 0.25) is 10.0 Å². The molecule has 0 aliphatic heterocycles. The second kappa shape index (κ2) is 10.3. The number of rotatable bonds is 5. The van der Waals surface area contributed by atoms with Gasteiger partial charge in [-0.1, -0.05) is 47.5 Å². The van der Waals surface area contributed by atoms with E-state index in [4.69, 9.17) is 40.2 Å². The van der Waals surface area contributed by atoms with Crippen LogP contribution in [0.3, 0.4) is 0 Å². The molecule has 0 saturated heterocycles. The number of hydrogen-bond acceptors (Lipinski definition) is 4. The van der Waals surface area contributed by atoms with E-state index in [-0.39, 0.29) is 17.4 Å². The molecule has 2 rings (SSSR count). The fourth-order valence-corrected chi connectivity index (χ4v) is 2.84. The van der Waals surface area contributed by atoms with Gasteiger partial charge in [0.25, 0.3) is 5.91 Å². The number of aryl methyl sites for hydroxylation is 1. The third kappa shape index (κ3) is 6.67. The fraction of sp³-hybridized carbons (Fsp3) is 0.211. The Morgan fingerprint density at radius 2 is 1.86 bits per heavy atom. The average Bonchev–Trinajstić information content (AvgIpc) is 2.63. The van der Waals surface area contributed by atoms with E-state index in [0.717, 1.165) is 11.1 Å². The first-order valence-corrected chi connectivity index (χ1v) is 9.48. The Bertz CT molecular complexity index is 892. The van der Waals surface area contributed by atoms with Crippen molar-refractivity contribution in [1.82, 2.24) is 16.2 Å². The zero-order chi connectivity index (χ0) is 20.7. The smallest absolute Gasteiger partial charge is 0.279 e. The summed E-state index contributed by atoms with van der Waals surface area (Å²) in [7, 11) is 0. The lowest BCUT2D eigenvalue weighted by atomic mass is 10.1. The van der Waals surface area contributed by atoms with E-state index in [1.807, 2.05) is 31.2 Å². The van der Waals surface area contributed by atoms with Crippen molar-refractivity contribution < 1.29 is 14.3 Å². The van der Waals surface area contributed by atoms with Crippen LogP contribution in [0.25, 0.3) is 0 Å². The van der Waals surface area contributed by atoms with Crippen molar-refractivity contribution in [3.05, 3.63) is 63.6 Å². The highest BCUT2D eigenvalue weighted by Gasteiger charge is 2.17. The van der Waals surface area contributed by atoms with Gasteiger partial charge in [-0.25, -0.2) is 0 Å². The minimum Gasteiger partial charge on any atom is -0.479 e. The first-order valence-electron chi connectivity index (χ1n) is 8.32. The topological polar surface area (TPSA) is 79.5 Å². The van der Waals surface area contributed by atoms with Crippen molar-refractivity contribution in [1.29, 1.82) is 0 Å². The summed E-state index contributed by atoms with van der Waals surface area (Å²) in [6.07, 6.45) is -0.687. The molecule has 0 heterocycles. The first-order chi connectivity index (χ1) is 13.3. The number of carbonyl (C=O) groups excluding carboxylic acids is 2. The summed E-state index contributed by atoms with van der Waals surface area (Å²) in [5.74, 6) is -0.470. The zero-order valence-corrected chi connectivity index (χ0v) is 17.5. The summed E-state index contributed by atoms with van der Waals surface area (Å²) in [6, 6.07) is 12.2. The molecule has 3 N–H and O–H groups in total. The quantitative estimate of drug-likeness (QED) is 0.491. The molecular weight excluding hydrogens is 421 g/mol. The van der Waals surface area contributed by atoms with Crippen LogP contribution < -0.4 is 20.9 Å². The molecule has 1 atom stereocenters. The van der Waals surface area contributed by atoms with Crippen molar-refractivity contribution in [3.8, 4) is 5.75 Å². The van der Waals surface area contributed by atoms with Gasteiger partial charge in [-0.05, 0) is 55.4 Å². The molecule has 0 bridgehead atoms. The van der Waals surface area contributed by atoms with E-state index in [0.29, 0.717) is 15.8 Å². The number of thiocarbonyl (C=S) groups is 1. The number of hydrazine groups is 1. The van der Waals surface area contributed by atoms with E-state index in [1.54, 1.807) is 19.1 Å². The molecular formula is C19H19Cl2N3O3S. The fourth-order valence-electron chi connectivity index (χ4n) is 2.22. The van der Waals surface area contributed by atoms with Crippen LogP contribution in [0.1, 0.15) is 18.1 Å². The molecule has 2 aromatic carbocycles. The summed E-state index contributed by atoms with van der Waals surface area (Å²) in [5.41, 5.74) is 6.75. The highest BCUT2D eigenvalue weighted by atomic mass is 35.5. The monoisotopic (exact) mass is 439 g/mol. The van der Waals surface area contributed by atoms with E-state index >= 15 is 0 Å². The third-order valence-electron chi connectivity index (χ3n) is 3.73. The SMILES string of the molecule is Cc1ccccc1CC(=O)NC(=S)NNC(=O)C(C)Oc1ccc(Cl)cc1Cl. The summed E-state index contributed by atoms with van der Waals surface area (Å²) in [6.45, 7) is 3.47. The van der Waals surface area contributed by atoms with Crippen LogP contribution in [0.4, 0.5) is 0 Å². The van der Waals surface area contributed by atoms with Gasteiger partial charge in [-0.2, -0.15) is 0 Å². The van der Waals surface area contributed by atoms with Crippen LogP contribution in [-0.2, 0) is 16.0 Å². The van der Waals surface area contributed by atoms with E-state index < -0.39 is 12.0 Å². The molecule has 2 amide bonds. The maximum absolute atomic E-state index is 12.1. The van der Waals surface area contributed by atoms with E-state index in [9.17, 15) is 9.59 Å². The third-order valence-corrected chi connectivity index (χ3v) is 4.47. The number of nitrogens with one attached hydrogen (secondary N) is 3. The maximum Gasteiger partial charge on any atom is 0.279 e. The molecule has 0 spiro atoms. The molecule has 1 unspecified atom stereocenters. The van der Waals surface area contributed by atoms with Crippen molar-refractivity contribution >= 4 is 52.3 Å². The molecule has 9 heteroatoms. The van der Waals surface area contributed by atoms with Gasteiger partial charge in [-0.15, -0.1) is 0 Å². The lowest BCUT2D eigenvalue weighted by molar-refractivity contribution is -0.128. The molecule has 0 saturated carbocycles. The number of hydrogen-bond donors (Lipinski definition) is 3. The second-order valence-electron chi connectivity index (χ2n) is 5.93. The highest BCUT2D eigenvalue weighted by Crippen LogP contribution is 2.28. The Labute approximate surface area is 178 Å². The zero-order valence-electron chi connectivity index (χ0n) is 15.2. The van der Waals surface area contributed by atoms with Crippen molar-refractivity contribution in [2.45, 2.75) is 26.4 Å². The van der Waals surface area contributed by atoms with Crippen LogP contribution >= 0.6 is 35.4 Å². The van der Waals surface area contributed by atoms with Gasteiger partial charge in [-0.3, -0.25) is 20.4 Å². The number of carbonyl (C=O) groups is 2. The number of ether oxygens (including phenoxy) is 1. The Balaban J connectivity index is 1.78. The molecule has 0 aliphatic rings. The number of benzene rings is 2. The summed E-state index contributed by atoms with van der Waals surface area (Å²) in [4.78, 5) is 24.2. The normalized spacial score (nSPS) is 11.3. The van der Waals surface area contributed by atoms with Gasteiger partial charge < -0.3 is 10.1 Å². The van der Waals surface area contributed by atoms with Gasteiger partial charge >= 0.3 is 0 Å². The van der Waals surface area contributed by atoms with Crippen LogP contribution in [0.15, 0.2) is 42.5 Å². The number of halogens is 2. The van der Waals surface area contributed by atoms with Gasteiger partial charge in [0.15, 0.2) is 11.2 Å². The lowest BCUT2D eigenvalue weighted by Crippen LogP contribution is -2.51. The summed E-state index contributed by atoms with van der Waals surface area (Å²) >= 11 is 16.9. The van der Waals surface area contributed by atoms with Crippen LogP contribution in [0, 0.1) is 6.92 Å². The predicted octanol–water partition coefficient (Wildman–Crippen LogP) is 3.33. The first kappa shape index (κ1) is 21.9. The van der Waals surface area contributed by atoms with Gasteiger partial charge in [0.2, 0.25) is 5.91 Å². The lowest BCUT2D eigenvalue weighted by Gasteiger charge is -2.17. The summed E-state index contributed by atoms with van der Waals surface area (Å²) < 4.78 is 5.49. The maximum atomic E-state index is 12.1. The van der Waals surface area contributed by atoms with Gasteiger partial charge in [0.1, 0.15) is 5.75 Å². The van der Waals surface area contributed by atoms with Gasteiger partial charge in [0, 0.05) is 5.02 Å². The molecule has 0 fully saturated rings. The Hall–Kier alpha value is -2.35. The standard InChI is InChI=1S/C19H19Cl2N3O3S/c1-11-5-3-4-6-13(11)9-17(25)22-19(28)24-23-18(26)12(2)27-16-8-7-14(20)10-15(16)21/h3-8,10,12H,9H2,1-2H3,(H,23,26)(H2,22,24,25,28). The Morgan fingerprint density at radius 3 is 2.54 bits per heavy atom. The van der Waals surface area contributed by atoms with Crippen LogP contribution in [-0.4, -0.2) is 23.0 Å². The minimum atomic E-state index is -0.864. The molecule has 6 nitrogen and oxygen atoms in total. The average molecular weight is 440 g/mol. The Morgan fingerprint density at radius 1 is 1.14 bits per heavy atom.